The van der Waals surface area contributed by atoms with Gasteiger partial charge < -0.3 is 14.2 Å². The second kappa shape index (κ2) is 13.2. The molecule has 0 aromatic heterocycles. The van der Waals surface area contributed by atoms with Crippen molar-refractivity contribution in [3.05, 3.63) is 125 Å². The Morgan fingerprint density at radius 1 is 0.696 bits per heavy atom. The van der Waals surface area contributed by atoms with Gasteiger partial charge in [0.15, 0.2) is 12.4 Å². The molecule has 9 nitrogen and oxygen atoms in total. The Kier molecular flexibility index (Phi) is 8.74. The summed E-state index contributed by atoms with van der Waals surface area (Å²) in [5.41, 5.74) is 2.16. The number of carbonyl (C=O) groups excluding carboxylic acids is 5. The number of rotatable bonds is 9. The Balaban J connectivity index is 1.06. The molecular formula is C37H31NO8. The van der Waals surface area contributed by atoms with Gasteiger partial charge in [-0.15, -0.1) is 0 Å². The number of ether oxygens (including phenoxy) is 3. The molecule has 9 heteroatoms. The molecule has 46 heavy (non-hydrogen) atoms. The summed E-state index contributed by atoms with van der Waals surface area (Å²) in [5, 5.41) is 0. The third kappa shape index (κ3) is 6.30. The van der Waals surface area contributed by atoms with Crippen molar-refractivity contribution < 1.29 is 38.2 Å². The van der Waals surface area contributed by atoms with Crippen molar-refractivity contribution in [3.8, 4) is 11.5 Å². The number of nitrogens with zero attached hydrogens (tertiary/aromatic N) is 1. The Bertz CT molecular complexity index is 1800. The second-order valence-electron chi connectivity index (χ2n) is 11.3. The van der Waals surface area contributed by atoms with E-state index >= 15 is 0 Å². The van der Waals surface area contributed by atoms with Gasteiger partial charge in [0.2, 0.25) is 11.8 Å². The van der Waals surface area contributed by atoms with E-state index < -0.39 is 30.2 Å². The summed E-state index contributed by atoms with van der Waals surface area (Å²) in [6.07, 6.45) is 2.06. The first-order chi connectivity index (χ1) is 22.3. The lowest BCUT2D eigenvalue weighted by Crippen LogP contribution is -2.31. The predicted molar refractivity (Wildman–Crippen MR) is 168 cm³/mol. The van der Waals surface area contributed by atoms with E-state index in [4.69, 9.17) is 14.2 Å². The van der Waals surface area contributed by atoms with Crippen LogP contribution >= 0.6 is 0 Å². The molecule has 0 radical (unpaired) electrons. The second-order valence-corrected chi connectivity index (χ2v) is 11.3. The van der Waals surface area contributed by atoms with E-state index in [1.165, 1.54) is 54.0 Å². The van der Waals surface area contributed by atoms with Crippen LogP contribution in [0, 0.1) is 11.8 Å². The minimum Gasteiger partial charge on any atom is -0.497 e. The van der Waals surface area contributed by atoms with Gasteiger partial charge in [0.05, 0.1) is 35.8 Å². The average Bonchev–Trinajstić information content (AvgIpc) is 3.36. The van der Waals surface area contributed by atoms with Crippen molar-refractivity contribution in [2.75, 3.05) is 18.6 Å². The maximum atomic E-state index is 13.5. The number of imide groups is 1. The van der Waals surface area contributed by atoms with Crippen molar-refractivity contribution in [1.82, 2.24) is 0 Å². The molecule has 0 unspecified atom stereocenters. The van der Waals surface area contributed by atoms with Crippen LogP contribution in [0.15, 0.2) is 103 Å². The summed E-state index contributed by atoms with van der Waals surface area (Å²) in [4.78, 5) is 66.1. The Labute approximate surface area is 265 Å². The van der Waals surface area contributed by atoms with E-state index in [9.17, 15) is 24.0 Å². The summed E-state index contributed by atoms with van der Waals surface area (Å²) in [7, 11) is 1.50. The maximum absolute atomic E-state index is 13.5. The number of ketones is 1. The smallest absolute Gasteiger partial charge is 0.343 e. The molecule has 0 spiro atoms. The molecule has 2 fully saturated rings. The minimum absolute atomic E-state index is 0.114. The van der Waals surface area contributed by atoms with E-state index in [2.05, 4.69) is 12.1 Å². The highest BCUT2D eigenvalue weighted by molar-refractivity contribution is 6.22. The molecule has 1 saturated heterocycles. The van der Waals surface area contributed by atoms with Crippen LogP contribution in [0.1, 0.15) is 61.8 Å². The molecule has 2 aliphatic rings. The Morgan fingerprint density at radius 3 is 2.13 bits per heavy atom. The molecule has 3 atom stereocenters. The number of fused-ring (bicyclic) bond motifs is 1. The molecule has 6 rings (SSSR count). The van der Waals surface area contributed by atoms with Crippen LogP contribution in [0.5, 0.6) is 11.5 Å². The summed E-state index contributed by atoms with van der Waals surface area (Å²) in [6.45, 7) is -0.529. The summed E-state index contributed by atoms with van der Waals surface area (Å²) >= 11 is 0. The zero-order valence-corrected chi connectivity index (χ0v) is 25.1. The third-order valence-corrected chi connectivity index (χ3v) is 8.56. The van der Waals surface area contributed by atoms with Gasteiger partial charge in [-0.25, -0.2) is 9.59 Å². The fraction of sp³-hybridized carbons (Fsp3) is 0.216. The number of Topliss-reactive ketones (excluding diaryl/α,β-unsaturated/α-hetero) is 1. The first-order valence-corrected chi connectivity index (χ1v) is 15.0. The molecule has 4 aromatic rings. The Morgan fingerprint density at radius 2 is 1.39 bits per heavy atom. The van der Waals surface area contributed by atoms with Crippen LogP contribution in [0.25, 0.3) is 0 Å². The lowest BCUT2D eigenvalue weighted by molar-refractivity contribution is -0.122. The molecule has 1 aliphatic heterocycles. The van der Waals surface area contributed by atoms with Gasteiger partial charge in [0, 0.05) is 5.56 Å². The molecule has 232 valence electrons. The fourth-order valence-electron chi connectivity index (χ4n) is 6.16. The van der Waals surface area contributed by atoms with Gasteiger partial charge >= 0.3 is 11.9 Å². The Hall–Kier alpha value is -5.57. The van der Waals surface area contributed by atoms with E-state index in [1.807, 2.05) is 18.2 Å². The van der Waals surface area contributed by atoms with Crippen LogP contribution in [-0.2, 0) is 14.3 Å². The van der Waals surface area contributed by atoms with E-state index in [1.54, 1.807) is 36.4 Å². The quantitative estimate of drug-likeness (QED) is 0.0968. The van der Waals surface area contributed by atoms with Gasteiger partial charge in [-0.05, 0) is 91.4 Å². The molecule has 0 bridgehead atoms. The largest absolute Gasteiger partial charge is 0.497 e. The fourth-order valence-corrected chi connectivity index (χ4v) is 6.16. The van der Waals surface area contributed by atoms with E-state index in [-0.39, 0.29) is 40.5 Å². The molecule has 1 aliphatic carbocycles. The van der Waals surface area contributed by atoms with Crippen LogP contribution < -0.4 is 14.4 Å². The van der Waals surface area contributed by atoms with Crippen LogP contribution in [0.4, 0.5) is 5.69 Å². The zero-order valence-electron chi connectivity index (χ0n) is 25.1. The number of benzene rings is 4. The topological polar surface area (TPSA) is 116 Å². The molecule has 4 aromatic carbocycles. The van der Waals surface area contributed by atoms with Gasteiger partial charge in [0.25, 0.3) is 0 Å². The summed E-state index contributed by atoms with van der Waals surface area (Å²) in [6, 6.07) is 28.6. The minimum atomic E-state index is -0.764. The number of amides is 2. The lowest BCUT2D eigenvalue weighted by Gasteiger charge is -2.28. The van der Waals surface area contributed by atoms with Gasteiger partial charge in [-0.3, -0.25) is 19.3 Å². The number of esters is 2. The number of hydrogen-bond donors (Lipinski definition) is 0. The van der Waals surface area contributed by atoms with Crippen molar-refractivity contribution in [2.45, 2.75) is 25.2 Å². The van der Waals surface area contributed by atoms with Crippen molar-refractivity contribution in [1.29, 1.82) is 0 Å². The van der Waals surface area contributed by atoms with Crippen LogP contribution in [-0.4, -0.2) is 43.3 Å². The lowest BCUT2D eigenvalue weighted by atomic mass is 9.73. The monoisotopic (exact) mass is 617 g/mol. The number of carbonyl (C=O) groups is 5. The normalized spacial score (nSPS) is 18.9. The number of anilines is 1. The van der Waals surface area contributed by atoms with Crippen LogP contribution in [0.2, 0.25) is 0 Å². The third-order valence-electron chi connectivity index (χ3n) is 8.56. The summed E-state index contributed by atoms with van der Waals surface area (Å²) < 4.78 is 15.8. The SMILES string of the molecule is COc1cccc(C(=O)Oc2ccc(C(=O)COC(=O)c3cccc(N4C(=O)[C@@H]5CC[C@H](c6ccccc6)C[C@H]5C4=O)c3)cc2)c1. The first kappa shape index (κ1) is 30.5. The highest BCUT2D eigenvalue weighted by Gasteiger charge is 2.50. The zero-order chi connectivity index (χ0) is 32.2. The highest BCUT2D eigenvalue weighted by Crippen LogP contribution is 2.45. The van der Waals surface area contributed by atoms with Crippen molar-refractivity contribution in [3.63, 3.8) is 0 Å². The van der Waals surface area contributed by atoms with Crippen LogP contribution in [0.3, 0.4) is 0 Å². The number of hydrogen-bond acceptors (Lipinski definition) is 8. The standard InChI is InChI=1S/C37H31NO8/c1-44-30-12-6-10-27(20-30)37(43)46-29-16-13-24(14-17-29)33(39)22-45-36(42)26-9-5-11-28(19-26)38-34(40)31-18-15-25(21-32(31)35(38)41)23-7-3-2-4-8-23/h2-14,16-17,19-20,25,31-32H,15,18,21-22H2,1H3/t25-,31+,32+/m0/s1. The first-order valence-electron chi connectivity index (χ1n) is 15.0. The van der Waals surface area contributed by atoms with Crippen molar-refractivity contribution in [2.24, 2.45) is 11.8 Å². The average molecular weight is 618 g/mol. The van der Waals surface area contributed by atoms with Gasteiger partial charge in [-0.2, -0.15) is 0 Å². The van der Waals surface area contributed by atoms with E-state index in [0.717, 1.165) is 6.42 Å². The summed E-state index contributed by atoms with van der Waals surface area (Å²) in [5.74, 6) is -2.13. The van der Waals surface area contributed by atoms with Gasteiger partial charge in [-0.1, -0.05) is 42.5 Å². The van der Waals surface area contributed by atoms with E-state index in [0.29, 0.717) is 29.8 Å². The maximum Gasteiger partial charge on any atom is 0.343 e. The van der Waals surface area contributed by atoms with Gasteiger partial charge in [0.1, 0.15) is 11.5 Å². The molecule has 0 N–H and O–H groups in total. The molecular weight excluding hydrogens is 586 g/mol. The predicted octanol–water partition coefficient (Wildman–Crippen LogP) is 6.03. The highest BCUT2D eigenvalue weighted by atomic mass is 16.5. The van der Waals surface area contributed by atoms with Crippen molar-refractivity contribution >= 4 is 35.2 Å². The molecule has 1 saturated carbocycles. The molecule has 1 heterocycles. The number of methoxy groups -OCH3 is 1. The molecule has 2 amide bonds.